The van der Waals surface area contributed by atoms with Gasteiger partial charge < -0.3 is 14.8 Å². The molecule has 1 saturated heterocycles. The molecule has 4 nitrogen and oxygen atoms in total. The molecule has 3 rings (SSSR count). The maximum Gasteiger partial charge on any atom is 0.162 e. The van der Waals surface area contributed by atoms with Gasteiger partial charge in [0.25, 0.3) is 0 Å². The third kappa shape index (κ3) is 3.10. The summed E-state index contributed by atoms with van der Waals surface area (Å²) in [6.07, 6.45) is 2.53. The van der Waals surface area contributed by atoms with E-state index < -0.39 is 0 Å². The van der Waals surface area contributed by atoms with Crippen molar-refractivity contribution in [1.82, 2.24) is 10.2 Å². The molecule has 1 aromatic carbocycles. The smallest absolute Gasteiger partial charge is 0.162 e. The van der Waals surface area contributed by atoms with Crippen molar-refractivity contribution in [3.05, 3.63) is 22.2 Å². The first-order chi connectivity index (χ1) is 9.74. The molecule has 2 aliphatic rings. The minimum atomic E-state index is 0.615. The molecule has 0 aliphatic carbocycles. The lowest BCUT2D eigenvalue weighted by Gasteiger charge is -2.32. The number of piperidine rings is 1. The minimum Gasteiger partial charge on any atom is -0.486 e. The summed E-state index contributed by atoms with van der Waals surface area (Å²) < 4.78 is 12.4. The lowest BCUT2D eigenvalue weighted by molar-refractivity contribution is 0.169. The summed E-state index contributed by atoms with van der Waals surface area (Å²) in [6, 6.07) is 4.74. The van der Waals surface area contributed by atoms with Gasteiger partial charge >= 0.3 is 0 Å². The Hall–Kier alpha value is -0.780. The molecule has 0 amide bonds. The van der Waals surface area contributed by atoms with E-state index in [-0.39, 0.29) is 0 Å². The van der Waals surface area contributed by atoms with E-state index in [4.69, 9.17) is 9.47 Å². The van der Waals surface area contributed by atoms with Crippen LogP contribution in [0.1, 0.15) is 18.4 Å². The van der Waals surface area contributed by atoms with Crippen molar-refractivity contribution < 1.29 is 9.47 Å². The summed E-state index contributed by atoms with van der Waals surface area (Å²) in [5, 5.41) is 3.47. The predicted molar refractivity (Wildman–Crippen MR) is 82.5 cm³/mol. The molecule has 110 valence electrons. The summed E-state index contributed by atoms with van der Waals surface area (Å²) in [5.41, 5.74) is 1.25. The van der Waals surface area contributed by atoms with Crippen molar-refractivity contribution in [2.45, 2.75) is 25.4 Å². The molecule has 2 heterocycles. The highest BCUT2D eigenvalue weighted by molar-refractivity contribution is 9.10. The molecule has 1 aromatic rings. The van der Waals surface area contributed by atoms with E-state index in [0.717, 1.165) is 35.6 Å². The molecular formula is C15H21BrN2O2. The number of fused-ring (bicyclic) bond motifs is 1. The predicted octanol–water partition coefficient (Wildman–Crippen LogP) is 2.40. The van der Waals surface area contributed by atoms with Gasteiger partial charge in [-0.2, -0.15) is 0 Å². The standard InChI is InChI=1S/C15H21BrN2O2/c1-18(12-3-2-4-17-9-12)10-11-7-14-15(8-13(11)16)20-6-5-19-14/h7-8,12,17H,2-6,9-10H2,1H3. The lowest BCUT2D eigenvalue weighted by Crippen LogP contribution is -2.43. The van der Waals surface area contributed by atoms with Gasteiger partial charge in [-0.3, -0.25) is 4.90 Å². The normalized spacial score (nSPS) is 22.1. The molecule has 1 atom stereocenters. The van der Waals surface area contributed by atoms with Gasteiger partial charge in [-0.15, -0.1) is 0 Å². The molecule has 2 aliphatic heterocycles. The Kier molecular flexibility index (Phi) is 4.48. The number of benzene rings is 1. The van der Waals surface area contributed by atoms with Crippen LogP contribution in [0.25, 0.3) is 0 Å². The van der Waals surface area contributed by atoms with Gasteiger partial charge in [-0.25, -0.2) is 0 Å². The minimum absolute atomic E-state index is 0.615. The zero-order chi connectivity index (χ0) is 13.9. The van der Waals surface area contributed by atoms with Crippen molar-refractivity contribution in [1.29, 1.82) is 0 Å². The fraction of sp³-hybridized carbons (Fsp3) is 0.600. The molecule has 0 radical (unpaired) electrons. The molecule has 1 unspecified atom stereocenters. The second kappa shape index (κ2) is 6.33. The van der Waals surface area contributed by atoms with Crippen LogP contribution in [0.2, 0.25) is 0 Å². The fourth-order valence-corrected chi connectivity index (χ4v) is 3.28. The summed E-state index contributed by atoms with van der Waals surface area (Å²) in [6.45, 7) is 4.42. The quantitative estimate of drug-likeness (QED) is 0.916. The number of likely N-dealkylation sites (N-methyl/N-ethyl adjacent to an activating group) is 1. The average molecular weight is 341 g/mol. The number of halogens is 1. The Bertz CT molecular complexity index is 475. The molecule has 0 spiro atoms. The first kappa shape index (κ1) is 14.2. The molecule has 0 saturated carbocycles. The van der Waals surface area contributed by atoms with E-state index in [0.29, 0.717) is 19.3 Å². The summed E-state index contributed by atoms with van der Waals surface area (Å²) in [7, 11) is 2.20. The Morgan fingerprint density at radius 3 is 2.75 bits per heavy atom. The second-order valence-corrected chi connectivity index (χ2v) is 6.36. The molecular weight excluding hydrogens is 320 g/mol. The van der Waals surface area contributed by atoms with Gasteiger partial charge in [0.2, 0.25) is 0 Å². The first-order valence-corrected chi connectivity index (χ1v) is 8.02. The molecule has 0 aromatic heterocycles. The van der Waals surface area contributed by atoms with Gasteiger partial charge in [0.15, 0.2) is 11.5 Å². The number of hydrogen-bond donors (Lipinski definition) is 1. The van der Waals surface area contributed by atoms with E-state index in [9.17, 15) is 0 Å². The Balaban J connectivity index is 1.73. The molecule has 5 heteroatoms. The van der Waals surface area contributed by atoms with Crippen LogP contribution in [-0.2, 0) is 6.54 Å². The van der Waals surface area contributed by atoms with Gasteiger partial charge in [0, 0.05) is 23.6 Å². The largest absolute Gasteiger partial charge is 0.486 e. The Morgan fingerprint density at radius 1 is 1.30 bits per heavy atom. The number of nitrogens with zero attached hydrogens (tertiary/aromatic N) is 1. The van der Waals surface area contributed by atoms with E-state index in [2.05, 4.69) is 39.3 Å². The van der Waals surface area contributed by atoms with Crippen LogP contribution in [0.4, 0.5) is 0 Å². The monoisotopic (exact) mass is 340 g/mol. The Morgan fingerprint density at radius 2 is 2.05 bits per heavy atom. The van der Waals surface area contributed by atoms with Crippen LogP contribution < -0.4 is 14.8 Å². The highest BCUT2D eigenvalue weighted by Crippen LogP contribution is 2.36. The number of ether oxygens (including phenoxy) is 2. The SMILES string of the molecule is CN(Cc1cc2c(cc1Br)OCCO2)C1CCCNC1. The van der Waals surface area contributed by atoms with Gasteiger partial charge in [-0.1, -0.05) is 15.9 Å². The van der Waals surface area contributed by atoms with E-state index in [1.54, 1.807) is 0 Å². The lowest BCUT2D eigenvalue weighted by atomic mass is 10.1. The Labute approximate surface area is 128 Å². The van der Waals surface area contributed by atoms with Crippen molar-refractivity contribution in [3.8, 4) is 11.5 Å². The van der Waals surface area contributed by atoms with Crippen LogP contribution in [0.5, 0.6) is 11.5 Å². The molecule has 1 N–H and O–H groups in total. The van der Waals surface area contributed by atoms with Crippen LogP contribution in [0.3, 0.4) is 0 Å². The third-order valence-electron chi connectivity index (χ3n) is 4.03. The highest BCUT2D eigenvalue weighted by atomic mass is 79.9. The van der Waals surface area contributed by atoms with Crippen molar-refractivity contribution in [2.75, 3.05) is 33.4 Å². The van der Waals surface area contributed by atoms with Crippen LogP contribution in [0.15, 0.2) is 16.6 Å². The number of nitrogens with one attached hydrogen (secondary N) is 1. The van der Waals surface area contributed by atoms with Gasteiger partial charge in [-0.05, 0) is 44.1 Å². The number of hydrogen-bond acceptors (Lipinski definition) is 4. The molecule has 20 heavy (non-hydrogen) atoms. The first-order valence-electron chi connectivity index (χ1n) is 7.23. The van der Waals surface area contributed by atoms with Crippen LogP contribution in [-0.4, -0.2) is 44.3 Å². The third-order valence-corrected chi connectivity index (χ3v) is 4.76. The van der Waals surface area contributed by atoms with Crippen molar-refractivity contribution in [3.63, 3.8) is 0 Å². The fourth-order valence-electron chi connectivity index (χ4n) is 2.83. The zero-order valence-electron chi connectivity index (χ0n) is 11.8. The topological polar surface area (TPSA) is 33.7 Å². The highest BCUT2D eigenvalue weighted by Gasteiger charge is 2.20. The van der Waals surface area contributed by atoms with Gasteiger partial charge in [0.05, 0.1) is 0 Å². The molecule has 1 fully saturated rings. The van der Waals surface area contributed by atoms with Gasteiger partial charge in [0.1, 0.15) is 13.2 Å². The maximum absolute atomic E-state index is 5.67. The summed E-state index contributed by atoms with van der Waals surface area (Å²) >= 11 is 3.65. The van der Waals surface area contributed by atoms with E-state index >= 15 is 0 Å². The van der Waals surface area contributed by atoms with Crippen LogP contribution in [0, 0.1) is 0 Å². The molecule has 0 bridgehead atoms. The summed E-state index contributed by atoms with van der Waals surface area (Å²) in [4.78, 5) is 2.42. The average Bonchev–Trinajstić information content (AvgIpc) is 2.49. The summed E-state index contributed by atoms with van der Waals surface area (Å²) in [5.74, 6) is 1.71. The van der Waals surface area contributed by atoms with Crippen molar-refractivity contribution >= 4 is 15.9 Å². The maximum atomic E-state index is 5.67. The second-order valence-electron chi connectivity index (χ2n) is 5.50. The van der Waals surface area contributed by atoms with E-state index in [1.165, 1.54) is 18.4 Å². The van der Waals surface area contributed by atoms with Crippen molar-refractivity contribution in [2.24, 2.45) is 0 Å². The zero-order valence-corrected chi connectivity index (χ0v) is 13.4. The van der Waals surface area contributed by atoms with Crippen LogP contribution >= 0.6 is 15.9 Å². The number of rotatable bonds is 3. The van der Waals surface area contributed by atoms with E-state index in [1.807, 2.05) is 6.07 Å².